The molecule has 0 aromatic rings. The topological polar surface area (TPSA) is 58.2 Å². The Bertz CT molecular complexity index is 232. The van der Waals surface area contributed by atoms with Crippen LogP contribution in [-0.2, 0) is 9.59 Å². The first-order chi connectivity index (χ1) is 7.56. The molecule has 0 rings (SSSR count). The number of rotatable bonds is 8. The molecule has 0 fully saturated rings. The van der Waals surface area contributed by atoms with Gasteiger partial charge in [-0.25, -0.2) is 0 Å². The normalized spacial score (nSPS) is 10.2. The van der Waals surface area contributed by atoms with Crippen molar-refractivity contribution in [2.24, 2.45) is 0 Å². The fourth-order valence-electron chi connectivity index (χ4n) is 0.879. The van der Waals surface area contributed by atoms with E-state index in [1.165, 1.54) is 11.8 Å². The molecule has 0 aliphatic carbocycles. The number of hydrogen-bond acceptors (Lipinski definition) is 4. The molecule has 0 radical (unpaired) electrons. The van der Waals surface area contributed by atoms with Crippen molar-refractivity contribution in [3.8, 4) is 0 Å². The quantitative estimate of drug-likeness (QED) is 0.650. The van der Waals surface area contributed by atoms with E-state index in [0.29, 0.717) is 29.8 Å². The van der Waals surface area contributed by atoms with Crippen LogP contribution in [0.4, 0.5) is 0 Å². The third-order valence-corrected chi connectivity index (χ3v) is 3.24. The lowest BCUT2D eigenvalue weighted by Gasteiger charge is -2.07. The van der Waals surface area contributed by atoms with Crippen molar-refractivity contribution in [3.63, 3.8) is 0 Å². The Morgan fingerprint density at radius 2 is 1.62 bits per heavy atom. The Morgan fingerprint density at radius 1 is 1.12 bits per heavy atom. The van der Waals surface area contributed by atoms with Crippen molar-refractivity contribution in [1.82, 2.24) is 10.6 Å². The minimum Gasteiger partial charge on any atom is -0.354 e. The zero-order valence-corrected chi connectivity index (χ0v) is 11.7. The van der Waals surface area contributed by atoms with Gasteiger partial charge in [0, 0.05) is 15.9 Å². The van der Waals surface area contributed by atoms with Gasteiger partial charge in [0.15, 0.2) is 0 Å². The van der Waals surface area contributed by atoms with Crippen LogP contribution in [0, 0.1) is 0 Å². The van der Waals surface area contributed by atoms with E-state index in [4.69, 9.17) is 0 Å². The SMILES string of the molecule is CSCC(=O)NCCNC(=O)CSC(C)C.[HH].[HH]. The molecule has 0 bridgehead atoms. The molecule has 2 N–H and O–H groups in total. The molecule has 0 unspecified atom stereocenters. The van der Waals surface area contributed by atoms with Gasteiger partial charge in [0.25, 0.3) is 0 Å². The second kappa shape index (κ2) is 9.84. The number of hydrogen-bond donors (Lipinski definition) is 2. The summed E-state index contributed by atoms with van der Waals surface area (Å²) in [5.74, 6) is 0.990. The molecule has 4 nitrogen and oxygen atoms in total. The molecule has 2 amide bonds. The molecular weight excluding hydrogens is 244 g/mol. The molecule has 0 saturated heterocycles. The zero-order valence-electron chi connectivity index (χ0n) is 10.0. The minimum absolute atomic E-state index is 0. The van der Waals surface area contributed by atoms with Crippen LogP contribution in [0.25, 0.3) is 0 Å². The van der Waals surface area contributed by atoms with Crippen molar-refractivity contribution in [2.75, 3.05) is 30.9 Å². The Morgan fingerprint density at radius 3 is 2.06 bits per heavy atom. The largest absolute Gasteiger partial charge is 0.354 e. The monoisotopic (exact) mass is 268 g/mol. The smallest absolute Gasteiger partial charge is 0.230 e. The summed E-state index contributed by atoms with van der Waals surface area (Å²) in [5, 5.41) is 5.94. The van der Waals surface area contributed by atoms with Gasteiger partial charge < -0.3 is 10.6 Å². The van der Waals surface area contributed by atoms with Gasteiger partial charge in [0.1, 0.15) is 0 Å². The van der Waals surface area contributed by atoms with Crippen LogP contribution >= 0.6 is 23.5 Å². The minimum atomic E-state index is 0. The summed E-state index contributed by atoms with van der Waals surface area (Å²) in [4.78, 5) is 22.3. The van der Waals surface area contributed by atoms with Crippen LogP contribution < -0.4 is 10.6 Å². The predicted octanol–water partition coefficient (Wildman–Crippen LogP) is 1.22. The first-order valence-corrected chi connectivity index (χ1v) is 7.64. The molecule has 98 valence electrons. The van der Waals surface area contributed by atoms with Crippen LogP contribution in [0.15, 0.2) is 0 Å². The van der Waals surface area contributed by atoms with Crippen LogP contribution in [-0.4, -0.2) is 47.9 Å². The zero-order chi connectivity index (χ0) is 12.4. The fourth-order valence-corrected chi connectivity index (χ4v) is 1.83. The third-order valence-electron chi connectivity index (χ3n) is 1.59. The standard InChI is InChI=1S/C10H20N2O2S2.2H2/c1-8(2)16-7-10(14)12-5-4-11-9(13)6-15-3;;/h8H,4-7H2,1-3H3,(H,11,13)(H,12,14);2*1H. The molecule has 0 saturated carbocycles. The first kappa shape index (κ1) is 15.6. The average molecular weight is 268 g/mol. The van der Waals surface area contributed by atoms with E-state index in [-0.39, 0.29) is 14.7 Å². The summed E-state index contributed by atoms with van der Waals surface area (Å²) in [6.07, 6.45) is 1.88. The Hall–Kier alpha value is -0.360. The number of carbonyl (C=O) groups excluding carboxylic acids is 2. The fraction of sp³-hybridized carbons (Fsp3) is 0.800. The third kappa shape index (κ3) is 10.2. The molecule has 0 aliphatic rings. The Labute approximate surface area is 109 Å². The van der Waals surface area contributed by atoms with Crippen LogP contribution in [0.1, 0.15) is 16.7 Å². The van der Waals surface area contributed by atoms with Gasteiger partial charge in [0.05, 0.1) is 11.5 Å². The second-order valence-corrected chi connectivity index (χ2v) is 5.92. The van der Waals surface area contributed by atoms with Gasteiger partial charge in [-0.05, 0) is 11.5 Å². The number of carbonyl (C=O) groups is 2. The summed E-state index contributed by atoms with van der Waals surface area (Å²) in [5.41, 5.74) is 0. The summed E-state index contributed by atoms with van der Waals surface area (Å²) in [6.45, 7) is 5.11. The molecule has 0 aliphatic heterocycles. The molecule has 16 heavy (non-hydrogen) atoms. The van der Waals surface area contributed by atoms with Gasteiger partial charge >= 0.3 is 0 Å². The highest BCUT2D eigenvalue weighted by Crippen LogP contribution is 2.07. The maximum atomic E-state index is 11.3. The lowest BCUT2D eigenvalue weighted by Crippen LogP contribution is -2.36. The van der Waals surface area contributed by atoms with E-state index in [1.54, 1.807) is 11.8 Å². The molecular formula is C10H24N2O2S2. The highest BCUT2D eigenvalue weighted by Gasteiger charge is 2.03. The summed E-state index contributed by atoms with van der Waals surface area (Å²) in [6, 6.07) is 0. The van der Waals surface area contributed by atoms with Gasteiger partial charge in [-0.1, -0.05) is 13.8 Å². The van der Waals surface area contributed by atoms with E-state index in [1.807, 2.05) is 6.26 Å². The summed E-state index contributed by atoms with van der Waals surface area (Å²) >= 11 is 3.09. The number of thioether (sulfide) groups is 2. The van der Waals surface area contributed by atoms with Gasteiger partial charge in [-0.3, -0.25) is 9.59 Å². The molecule has 0 spiro atoms. The lowest BCUT2D eigenvalue weighted by atomic mass is 10.5. The highest BCUT2D eigenvalue weighted by atomic mass is 32.2. The second-order valence-electron chi connectivity index (χ2n) is 3.49. The first-order valence-electron chi connectivity index (χ1n) is 5.20. The van der Waals surface area contributed by atoms with E-state index in [9.17, 15) is 9.59 Å². The van der Waals surface area contributed by atoms with Crippen molar-refractivity contribution in [3.05, 3.63) is 0 Å². The molecule has 0 atom stereocenters. The van der Waals surface area contributed by atoms with Gasteiger partial charge in [-0.2, -0.15) is 11.8 Å². The highest BCUT2D eigenvalue weighted by molar-refractivity contribution is 8.00. The predicted molar refractivity (Wildman–Crippen MR) is 76.2 cm³/mol. The van der Waals surface area contributed by atoms with Crippen LogP contribution in [0.3, 0.4) is 0 Å². The van der Waals surface area contributed by atoms with Crippen molar-refractivity contribution in [2.45, 2.75) is 19.1 Å². The average Bonchev–Trinajstić information content (AvgIpc) is 2.22. The van der Waals surface area contributed by atoms with E-state index in [0.717, 1.165) is 0 Å². The van der Waals surface area contributed by atoms with Crippen LogP contribution in [0.5, 0.6) is 0 Å². The molecule has 0 aromatic carbocycles. The van der Waals surface area contributed by atoms with Gasteiger partial charge in [0.2, 0.25) is 11.8 Å². The Kier molecular flexibility index (Phi) is 9.62. The summed E-state index contributed by atoms with van der Waals surface area (Å²) < 4.78 is 0. The van der Waals surface area contributed by atoms with Crippen LogP contribution in [0.2, 0.25) is 0 Å². The van der Waals surface area contributed by atoms with Crippen molar-refractivity contribution >= 4 is 35.3 Å². The maximum Gasteiger partial charge on any atom is 0.230 e. The van der Waals surface area contributed by atoms with Crippen molar-refractivity contribution < 1.29 is 12.4 Å². The number of amides is 2. The molecule has 6 heteroatoms. The van der Waals surface area contributed by atoms with E-state index >= 15 is 0 Å². The van der Waals surface area contributed by atoms with E-state index in [2.05, 4.69) is 24.5 Å². The van der Waals surface area contributed by atoms with E-state index < -0.39 is 0 Å². The maximum absolute atomic E-state index is 11.3. The summed E-state index contributed by atoms with van der Waals surface area (Å²) in [7, 11) is 0. The molecule has 0 heterocycles. The Balaban J connectivity index is -0.00000112. The van der Waals surface area contributed by atoms with Gasteiger partial charge in [-0.15, -0.1) is 11.8 Å². The van der Waals surface area contributed by atoms with Crippen molar-refractivity contribution in [1.29, 1.82) is 0 Å². The number of nitrogens with one attached hydrogen (secondary N) is 2. The molecule has 0 aromatic heterocycles. The lowest BCUT2D eigenvalue weighted by molar-refractivity contribution is -0.120.